The number of carbonyl (C=O) groups is 2. The van der Waals surface area contributed by atoms with Crippen LogP contribution < -0.4 is 4.90 Å². The summed E-state index contributed by atoms with van der Waals surface area (Å²) < 4.78 is 1.66. The van der Waals surface area contributed by atoms with Gasteiger partial charge < -0.3 is 9.80 Å². The summed E-state index contributed by atoms with van der Waals surface area (Å²) >= 11 is 6.19. The maximum atomic E-state index is 12.7. The molecule has 0 bridgehead atoms. The predicted octanol–water partition coefficient (Wildman–Crippen LogP) is 1.88. The van der Waals surface area contributed by atoms with Gasteiger partial charge >= 0.3 is 0 Å². The van der Waals surface area contributed by atoms with Crippen LogP contribution in [0, 0.1) is 0 Å². The molecule has 1 aliphatic rings. The first-order valence-corrected chi connectivity index (χ1v) is 8.14. The van der Waals surface area contributed by atoms with Crippen molar-refractivity contribution in [2.75, 3.05) is 18.5 Å². The molecule has 0 aliphatic carbocycles. The summed E-state index contributed by atoms with van der Waals surface area (Å²) in [5, 5.41) is 4.60. The molecule has 0 spiro atoms. The van der Waals surface area contributed by atoms with E-state index in [2.05, 4.69) is 5.10 Å². The molecule has 1 atom stereocenters. The van der Waals surface area contributed by atoms with Gasteiger partial charge in [-0.05, 0) is 24.1 Å². The minimum atomic E-state index is -0.453. The van der Waals surface area contributed by atoms with E-state index in [1.165, 1.54) is 4.90 Å². The van der Waals surface area contributed by atoms with E-state index in [9.17, 15) is 9.59 Å². The number of hydrogen-bond acceptors (Lipinski definition) is 3. The largest absolute Gasteiger partial charge is 0.333 e. The molecule has 3 rings (SSSR count). The zero-order valence-corrected chi connectivity index (χ0v) is 14.4. The Morgan fingerprint density at radius 2 is 2.17 bits per heavy atom. The third-order valence-corrected chi connectivity index (χ3v) is 4.61. The third-order valence-electron chi connectivity index (χ3n) is 4.30. The maximum Gasteiger partial charge on any atom is 0.249 e. The highest BCUT2D eigenvalue weighted by molar-refractivity contribution is 6.34. The van der Waals surface area contributed by atoms with E-state index in [1.54, 1.807) is 42.1 Å². The Labute approximate surface area is 145 Å². The van der Waals surface area contributed by atoms with E-state index >= 15 is 0 Å². The Balaban J connectivity index is 1.70. The van der Waals surface area contributed by atoms with Crippen LogP contribution in [-0.2, 0) is 23.1 Å². The number of rotatable bonds is 4. The third kappa shape index (κ3) is 3.14. The fourth-order valence-electron chi connectivity index (χ4n) is 2.97. The summed E-state index contributed by atoms with van der Waals surface area (Å²) in [4.78, 5) is 28.4. The van der Waals surface area contributed by atoms with Gasteiger partial charge in [0.2, 0.25) is 11.8 Å². The van der Waals surface area contributed by atoms with Gasteiger partial charge in [-0.1, -0.05) is 23.7 Å². The second kappa shape index (κ2) is 6.65. The maximum absolute atomic E-state index is 12.7. The molecule has 1 aromatic heterocycles. The highest BCUT2D eigenvalue weighted by Gasteiger charge is 2.37. The SMILES string of the molecule is CN(C(=O)Cc1cnn(C)c1)C1CCN(c2ccccc2Cl)C1=O. The summed E-state index contributed by atoms with van der Waals surface area (Å²) in [6.45, 7) is 0.553. The fourth-order valence-corrected chi connectivity index (χ4v) is 3.21. The van der Waals surface area contributed by atoms with E-state index in [0.717, 1.165) is 5.56 Å². The number of anilines is 1. The van der Waals surface area contributed by atoms with Crippen molar-refractivity contribution in [3.63, 3.8) is 0 Å². The molecule has 0 saturated carbocycles. The van der Waals surface area contributed by atoms with Crippen LogP contribution in [0.5, 0.6) is 0 Å². The molecular formula is C17H19ClN4O2. The number of amides is 2. The van der Waals surface area contributed by atoms with Crippen molar-refractivity contribution < 1.29 is 9.59 Å². The number of halogens is 1. The van der Waals surface area contributed by atoms with Gasteiger partial charge in [0.05, 0.1) is 23.3 Å². The lowest BCUT2D eigenvalue weighted by Gasteiger charge is -2.24. The average molecular weight is 347 g/mol. The number of carbonyl (C=O) groups excluding carboxylic acids is 2. The molecule has 2 amide bonds. The molecule has 1 saturated heterocycles. The van der Waals surface area contributed by atoms with Crippen molar-refractivity contribution in [1.82, 2.24) is 14.7 Å². The lowest BCUT2D eigenvalue weighted by molar-refractivity contribution is -0.136. The quantitative estimate of drug-likeness (QED) is 0.849. The molecule has 1 aliphatic heterocycles. The second-order valence-corrected chi connectivity index (χ2v) is 6.36. The van der Waals surface area contributed by atoms with Gasteiger partial charge in [-0.15, -0.1) is 0 Å². The van der Waals surface area contributed by atoms with Crippen molar-refractivity contribution in [2.45, 2.75) is 18.9 Å². The number of nitrogens with zero attached hydrogens (tertiary/aromatic N) is 4. The molecular weight excluding hydrogens is 328 g/mol. The van der Waals surface area contributed by atoms with E-state index in [1.807, 2.05) is 18.2 Å². The highest BCUT2D eigenvalue weighted by Crippen LogP contribution is 2.30. The zero-order chi connectivity index (χ0) is 17.3. The first-order valence-electron chi connectivity index (χ1n) is 7.76. The Morgan fingerprint density at radius 1 is 1.42 bits per heavy atom. The van der Waals surface area contributed by atoms with Crippen LogP contribution in [0.1, 0.15) is 12.0 Å². The zero-order valence-electron chi connectivity index (χ0n) is 13.6. The molecule has 2 aromatic rings. The fraction of sp³-hybridized carbons (Fsp3) is 0.353. The van der Waals surface area contributed by atoms with E-state index in [0.29, 0.717) is 23.7 Å². The molecule has 2 heterocycles. The molecule has 126 valence electrons. The molecule has 1 aromatic carbocycles. The Morgan fingerprint density at radius 3 is 2.83 bits per heavy atom. The Bertz CT molecular complexity index is 773. The van der Waals surface area contributed by atoms with E-state index in [-0.39, 0.29) is 18.2 Å². The number of benzene rings is 1. The van der Waals surface area contributed by atoms with Crippen LogP contribution in [0.15, 0.2) is 36.7 Å². The van der Waals surface area contributed by atoms with E-state index in [4.69, 9.17) is 11.6 Å². The van der Waals surface area contributed by atoms with Crippen molar-refractivity contribution in [1.29, 1.82) is 0 Å². The van der Waals surface area contributed by atoms with Crippen molar-refractivity contribution in [3.05, 3.63) is 47.2 Å². The molecule has 0 radical (unpaired) electrons. The van der Waals surface area contributed by atoms with Crippen LogP contribution in [0.3, 0.4) is 0 Å². The normalized spacial score (nSPS) is 17.4. The monoisotopic (exact) mass is 346 g/mol. The molecule has 7 heteroatoms. The summed E-state index contributed by atoms with van der Waals surface area (Å²) in [7, 11) is 3.48. The lowest BCUT2D eigenvalue weighted by atomic mass is 10.2. The number of likely N-dealkylation sites (N-methyl/N-ethyl adjacent to an activating group) is 1. The van der Waals surface area contributed by atoms with Crippen LogP contribution in [0.4, 0.5) is 5.69 Å². The molecule has 24 heavy (non-hydrogen) atoms. The van der Waals surface area contributed by atoms with E-state index < -0.39 is 6.04 Å². The van der Waals surface area contributed by atoms with Crippen LogP contribution in [-0.4, -0.2) is 46.1 Å². The van der Waals surface area contributed by atoms with Crippen molar-refractivity contribution in [2.24, 2.45) is 7.05 Å². The topological polar surface area (TPSA) is 58.4 Å². The standard InChI is InChI=1S/C17H19ClN4O2/c1-20-11-12(10-19-20)9-16(23)21(2)15-7-8-22(17(15)24)14-6-4-3-5-13(14)18/h3-6,10-11,15H,7-9H2,1-2H3. The van der Waals surface area contributed by atoms with Gasteiger partial charge in [-0.3, -0.25) is 14.3 Å². The number of aromatic nitrogens is 2. The summed E-state index contributed by atoms with van der Waals surface area (Å²) in [5.41, 5.74) is 1.53. The van der Waals surface area contributed by atoms with Crippen molar-refractivity contribution in [3.8, 4) is 0 Å². The lowest BCUT2D eigenvalue weighted by Crippen LogP contribution is -2.43. The van der Waals surface area contributed by atoms with Gasteiger partial charge in [0.15, 0.2) is 0 Å². The average Bonchev–Trinajstić information content (AvgIpc) is 3.13. The minimum Gasteiger partial charge on any atom is -0.333 e. The number of hydrogen-bond donors (Lipinski definition) is 0. The van der Waals surface area contributed by atoms with Crippen molar-refractivity contribution >= 4 is 29.1 Å². The van der Waals surface area contributed by atoms with Gasteiger partial charge in [0.25, 0.3) is 0 Å². The Hall–Kier alpha value is -2.34. The minimum absolute atomic E-state index is 0.0925. The Kier molecular flexibility index (Phi) is 4.57. The van der Waals surface area contributed by atoms with Gasteiger partial charge in [-0.2, -0.15) is 5.10 Å². The molecule has 0 N–H and O–H groups in total. The summed E-state index contributed by atoms with van der Waals surface area (Å²) in [6, 6.07) is 6.80. The molecule has 1 fully saturated rings. The van der Waals surface area contributed by atoms with Crippen LogP contribution >= 0.6 is 11.6 Å². The summed E-state index contributed by atoms with van der Waals surface area (Å²) in [6.07, 6.45) is 4.30. The van der Waals surface area contributed by atoms with Gasteiger partial charge in [0, 0.05) is 26.8 Å². The first-order chi connectivity index (χ1) is 11.5. The predicted molar refractivity (Wildman–Crippen MR) is 91.9 cm³/mol. The molecule has 6 nitrogen and oxygen atoms in total. The highest BCUT2D eigenvalue weighted by atomic mass is 35.5. The first kappa shape index (κ1) is 16.5. The second-order valence-electron chi connectivity index (χ2n) is 5.95. The van der Waals surface area contributed by atoms with Gasteiger partial charge in [-0.25, -0.2) is 0 Å². The number of aryl methyl sites for hydroxylation is 1. The molecule has 1 unspecified atom stereocenters. The smallest absolute Gasteiger partial charge is 0.249 e. The number of para-hydroxylation sites is 1. The van der Waals surface area contributed by atoms with Crippen LogP contribution in [0.2, 0.25) is 5.02 Å². The van der Waals surface area contributed by atoms with Crippen LogP contribution in [0.25, 0.3) is 0 Å². The summed E-state index contributed by atoms with van der Waals surface area (Å²) in [5.74, 6) is -0.188. The van der Waals surface area contributed by atoms with Gasteiger partial charge in [0.1, 0.15) is 6.04 Å².